The largest absolute Gasteiger partial charge is 0.473 e. The zero-order chi connectivity index (χ0) is 25.0. The van der Waals surface area contributed by atoms with Gasteiger partial charge in [-0.05, 0) is 36.8 Å². The third kappa shape index (κ3) is 11.0. The predicted octanol–water partition coefficient (Wildman–Crippen LogP) is 2.28. The molecule has 1 fully saturated rings. The van der Waals surface area contributed by atoms with Crippen molar-refractivity contribution in [2.24, 2.45) is 0 Å². The van der Waals surface area contributed by atoms with Crippen LogP contribution in [0.4, 0.5) is 5.69 Å². The highest BCUT2D eigenvalue weighted by Crippen LogP contribution is 2.20. The first-order valence-corrected chi connectivity index (χ1v) is 10.1. The van der Waals surface area contributed by atoms with Gasteiger partial charge in [0, 0.05) is 43.4 Å². The van der Waals surface area contributed by atoms with Gasteiger partial charge in [0.05, 0.1) is 0 Å². The second-order valence-electron chi connectivity index (χ2n) is 6.95. The van der Waals surface area contributed by atoms with Crippen LogP contribution in [-0.4, -0.2) is 75.4 Å². The van der Waals surface area contributed by atoms with E-state index < -0.39 is 23.9 Å². The van der Waals surface area contributed by atoms with Crippen molar-refractivity contribution in [3.8, 4) is 0 Å². The Bertz CT molecular complexity index is 892. The quantitative estimate of drug-likeness (QED) is 0.480. The average molecular weight is 481 g/mol. The van der Waals surface area contributed by atoms with Crippen LogP contribution in [0.3, 0.4) is 0 Å². The number of anilines is 1. The fourth-order valence-electron chi connectivity index (χ4n) is 2.77. The van der Waals surface area contributed by atoms with Gasteiger partial charge in [-0.2, -0.15) is 0 Å². The molecular weight excluding hydrogens is 456 g/mol. The molecule has 2 aromatic carbocycles. The van der Waals surface area contributed by atoms with Crippen molar-refractivity contribution in [3.63, 3.8) is 0 Å². The monoisotopic (exact) mass is 480 g/mol. The molecule has 3 rings (SSSR count). The van der Waals surface area contributed by atoms with Gasteiger partial charge in [-0.25, -0.2) is 19.2 Å². The lowest BCUT2D eigenvalue weighted by molar-refractivity contribution is -0.159. The summed E-state index contributed by atoms with van der Waals surface area (Å²) in [6.45, 7) is 7.55. The van der Waals surface area contributed by atoms with Gasteiger partial charge in [0.1, 0.15) is 0 Å². The second-order valence-corrected chi connectivity index (χ2v) is 7.38. The fourth-order valence-corrected chi connectivity index (χ4v) is 2.89. The van der Waals surface area contributed by atoms with Crippen LogP contribution in [0, 0.1) is 6.92 Å². The molecule has 0 radical (unpaired) electrons. The van der Waals surface area contributed by atoms with Gasteiger partial charge >= 0.3 is 23.9 Å². The van der Waals surface area contributed by atoms with Gasteiger partial charge in [0.15, 0.2) is 0 Å². The first-order valence-electron chi connectivity index (χ1n) is 9.70. The number of nitrogens with zero attached hydrogens (tertiary/aromatic N) is 2. The number of halogens is 1. The highest BCUT2D eigenvalue weighted by atomic mass is 35.5. The Morgan fingerprint density at radius 2 is 1.15 bits per heavy atom. The normalized spacial score (nSPS) is 13.0. The first kappa shape index (κ1) is 27.4. The Morgan fingerprint density at radius 3 is 1.55 bits per heavy atom. The Morgan fingerprint density at radius 1 is 0.727 bits per heavy atom. The zero-order valence-electron chi connectivity index (χ0n) is 17.8. The molecule has 1 aliphatic heterocycles. The van der Waals surface area contributed by atoms with E-state index in [0.29, 0.717) is 0 Å². The summed E-state index contributed by atoms with van der Waals surface area (Å²) in [6.07, 6.45) is 0. The van der Waals surface area contributed by atoms with Crippen LogP contribution in [-0.2, 0) is 25.7 Å². The van der Waals surface area contributed by atoms with Gasteiger partial charge in [0.2, 0.25) is 0 Å². The van der Waals surface area contributed by atoms with E-state index in [1.807, 2.05) is 12.1 Å². The van der Waals surface area contributed by atoms with Crippen molar-refractivity contribution in [3.05, 3.63) is 64.7 Å². The van der Waals surface area contributed by atoms with E-state index >= 15 is 0 Å². The molecule has 0 aliphatic carbocycles. The van der Waals surface area contributed by atoms with Crippen molar-refractivity contribution in [1.82, 2.24) is 4.90 Å². The summed E-state index contributed by atoms with van der Waals surface area (Å²) >= 11 is 5.95. The maximum Gasteiger partial charge on any atom is 0.414 e. The van der Waals surface area contributed by atoms with Crippen LogP contribution in [0.15, 0.2) is 48.5 Å². The van der Waals surface area contributed by atoms with Crippen LogP contribution in [0.25, 0.3) is 0 Å². The number of benzene rings is 2. The molecule has 0 amide bonds. The lowest BCUT2D eigenvalue weighted by atomic mass is 10.1. The van der Waals surface area contributed by atoms with Crippen molar-refractivity contribution in [1.29, 1.82) is 0 Å². The van der Waals surface area contributed by atoms with E-state index in [2.05, 4.69) is 53.1 Å². The minimum Gasteiger partial charge on any atom is -0.473 e. The van der Waals surface area contributed by atoms with Crippen molar-refractivity contribution >= 4 is 41.2 Å². The number of carboxylic acid groups (broad SMARTS) is 4. The Hall–Kier alpha value is -3.63. The summed E-state index contributed by atoms with van der Waals surface area (Å²) in [5, 5.41) is 30.4. The molecule has 0 unspecified atom stereocenters. The molecule has 11 heteroatoms. The molecule has 0 atom stereocenters. The van der Waals surface area contributed by atoms with E-state index in [1.165, 1.54) is 16.8 Å². The van der Waals surface area contributed by atoms with E-state index in [9.17, 15) is 0 Å². The van der Waals surface area contributed by atoms with Crippen LogP contribution < -0.4 is 4.90 Å². The third-order valence-corrected chi connectivity index (χ3v) is 4.71. The maximum atomic E-state index is 9.10. The number of aryl methyl sites for hydroxylation is 1. The van der Waals surface area contributed by atoms with E-state index in [4.69, 9.17) is 51.2 Å². The Labute approximate surface area is 195 Å². The number of rotatable bonds is 3. The molecule has 178 valence electrons. The summed E-state index contributed by atoms with van der Waals surface area (Å²) in [5.41, 5.74) is 4.00. The predicted molar refractivity (Wildman–Crippen MR) is 121 cm³/mol. The van der Waals surface area contributed by atoms with Crippen LogP contribution in [0.1, 0.15) is 11.1 Å². The summed E-state index contributed by atoms with van der Waals surface area (Å²) in [7, 11) is 0. The van der Waals surface area contributed by atoms with Crippen molar-refractivity contribution in [2.45, 2.75) is 13.5 Å². The number of aliphatic carboxylic acids is 4. The summed E-state index contributed by atoms with van der Waals surface area (Å²) in [6, 6.07) is 17.0. The molecule has 1 heterocycles. The van der Waals surface area contributed by atoms with E-state index in [-0.39, 0.29) is 0 Å². The number of carboxylic acids is 4. The molecule has 0 spiro atoms. The van der Waals surface area contributed by atoms with Gasteiger partial charge < -0.3 is 25.3 Å². The molecular formula is C22H25ClN2O8. The van der Waals surface area contributed by atoms with E-state index in [0.717, 1.165) is 37.7 Å². The van der Waals surface area contributed by atoms with Gasteiger partial charge in [-0.3, -0.25) is 4.90 Å². The molecule has 1 aliphatic rings. The highest BCUT2D eigenvalue weighted by molar-refractivity contribution is 6.30. The van der Waals surface area contributed by atoms with Gasteiger partial charge in [0.25, 0.3) is 0 Å². The maximum absolute atomic E-state index is 9.10. The minimum atomic E-state index is -1.82. The lowest BCUT2D eigenvalue weighted by Gasteiger charge is -2.36. The fraction of sp³-hybridized carbons (Fsp3) is 0.273. The Balaban J connectivity index is 0.000000377. The average Bonchev–Trinajstić information content (AvgIpc) is 2.77. The van der Waals surface area contributed by atoms with Crippen LogP contribution in [0.5, 0.6) is 0 Å². The molecule has 0 aromatic heterocycles. The standard InChI is InChI=1S/C18H21ClN2.2C2H2O4/c1-15-2-4-16(5-3-15)14-20-10-12-21(13-11-20)18-8-6-17(19)7-9-18;2*3-1(4)2(5)6/h2-9H,10-14H2,1H3;2*(H,3,4)(H,5,6). The number of carbonyl (C=O) groups is 4. The summed E-state index contributed by atoms with van der Waals surface area (Å²) in [5.74, 6) is -7.30. The highest BCUT2D eigenvalue weighted by Gasteiger charge is 2.17. The molecule has 2 aromatic rings. The molecule has 33 heavy (non-hydrogen) atoms. The van der Waals surface area contributed by atoms with Crippen molar-refractivity contribution in [2.75, 3.05) is 31.1 Å². The first-order chi connectivity index (χ1) is 15.5. The smallest absolute Gasteiger partial charge is 0.414 e. The molecule has 0 saturated carbocycles. The summed E-state index contributed by atoms with van der Waals surface area (Å²) < 4.78 is 0. The number of hydrogen-bond acceptors (Lipinski definition) is 6. The van der Waals surface area contributed by atoms with Gasteiger partial charge in [-0.1, -0.05) is 41.4 Å². The number of hydrogen-bond donors (Lipinski definition) is 4. The minimum absolute atomic E-state index is 0.803. The SMILES string of the molecule is Cc1ccc(CN2CCN(c3ccc(Cl)cc3)CC2)cc1.O=C(O)C(=O)O.O=C(O)C(=O)O. The Kier molecular flexibility index (Phi) is 11.4. The lowest BCUT2D eigenvalue weighted by Crippen LogP contribution is -2.45. The topological polar surface area (TPSA) is 156 Å². The second kappa shape index (κ2) is 13.7. The van der Waals surface area contributed by atoms with Crippen molar-refractivity contribution < 1.29 is 39.6 Å². The van der Waals surface area contributed by atoms with Gasteiger partial charge in [-0.15, -0.1) is 0 Å². The molecule has 1 saturated heterocycles. The van der Waals surface area contributed by atoms with Crippen LogP contribution in [0.2, 0.25) is 5.02 Å². The molecule has 4 N–H and O–H groups in total. The molecule has 10 nitrogen and oxygen atoms in total. The van der Waals surface area contributed by atoms with E-state index in [1.54, 1.807) is 0 Å². The number of piperazine rings is 1. The zero-order valence-corrected chi connectivity index (χ0v) is 18.6. The van der Waals surface area contributed by atoms with Crippen LogP contribution >= 0.6 is 11.6 Å². The summed E-state index contributed by atoms with van der Waals surface area (Å²) in [4.78, 5) is 41.4. The molecule has 0 bridgehead atoms. The third-order valence-electron chi connectivity index (χ3n) is 4.46.